The first-order chi connectivity index (χ1) is 8.24. The van der Waals surface area contributed by atoms with Gasteiger partial charge in [-0.3, -0.25) is 0 Å². The molecule has 0 aliphatic heterocycles. The molecule has 3 rings (SSSR count). The third kappa shape index (κ3) is 1.88. The number of hydrogen-bond acceptors (Lipinski definition) is 0. The molecule has 2 aromatic rings. The number of hydrogen-bond donors (Lipinski definition) is 1. The van der Waals surface area contributed by atoms with Gasteiger partial charge in [-0.25, -0.2) is 4.39 Å². The van der Waals surface area contributed by atoms with Crippen LogP contribution in [-0.2, 0) is 12.8 Å². The number of fused-ring (bicyclic) bond motifs is 1. The van der Waals surface area contributed by atoms with Crippen molar-refractivity contribution >= 4 is 0 Å². The minimum absolute atomic E-state index is 0.139. The molecule has 0 fully saturated rings. The summed E-state index contributed by atoms with van der Waals surface area (Å²) in [6.07, 6.45) is 5.40. The fraction of sp³-hybridized carbons (Fsp3) is 0.333. The highest BCUT2D eigenvalue weighted by Gasteiger charge is 2.23. The summed E-state index contributed by atoms with van der Waals surface area (Å²) in [5.41, 5.74) is 5.17. The maximum Gasteiger partial charge on any atom is 0.123 e. The summed E-state index contributed by atoms with van der Waals surface area (Å²) in [6, 6.07) is 7.30. The van der Waals surface area contributed by atoms with Crippen LogP contribution >= 0.6 is 0 Å². The van der Waals surface area contributed by atoms with Gasteiger partial charge in [-0.1, -0.05) is 6.07 Å². The van der Waals surface area contributed by atoms with E-state index < -0.39 is 0 Å². The first-order valence-electron chi connectivity index (χ1n) is 6.15. The van der Waals surface area contributed by atoms with E-state index in [2.05, 4.69) is 11.1 Å². The molecule has 1 aromatic carbocycles. The second kappa shape index (κ2) is 4.02. The van der Waals surface area contributed by atoms with Crippen LogP contribution in [0.25, 0.3) is 0 Å². The van der Waals surface area contributed by atoms with Gasteiger partial charge < -0.3 is 4.98 Å². The molecule has 1 aliphatic carbocycles. The number of rotatable bonds is 2. The molecule has 88 valence electrons. The highest BCUT2D eigenvalue weighted by molar-refractivity contribution is 5.34. The Labute approximate surface area is 101 Å². The quantitative estimate of drug-likeness (QED) is 0.807. The van der Waals surface area contributed by atoms with E-state index in [-0.39, 0.29) is 5.82 Å². The van der Waals surface area contributed by atoms with Crippen molar-refractivity contribution in [2.75, 3.05) is 0 Å². The molecule has 1 aliphatic rings. The van der Waals surface area contributed by atoms with E-state index in [1.165, 1.54) is 23.2 Å². The smallest absolute Gasteiger partial charge is 0.123 e. The van der Waals surface area contributed by atoms with Crippen LogP contribution in [0.4, 0.5) is 4.39 Å². The first-order valence-corrected chi connectivity index (χ1v) is 6.15. The molecule has 0 radical (unpaired) electrons. The van der Waals surface area contributed by atoms with Crippen LogP contribution in [-0.4, -0.2) is 4.98 Å². The highest BCUT2D eigenvalue weighted by atomic mass is 19.1. The number of aromatic amines is 1. The van der Waals surface area contributed by atoms with Crippen LogP contribution in [0, 0.1) is 12.7 Å². The Hall–Kier alpha value is -1.57. The standard InChI is InChI=1S/C15H16FN/c1-10-8-13(16)4-2-11(10)9-12-3-5-15-14(12)6-7-17-15/h2,4,6-8,12,17H,3,5,9H2,1H3. The fourth-order valence-corrected chi connectivity index (χ4v) is 2.85. The van der Waals surface area contributed by atoms with Crippen molar-refractivity contribution in [1.29, 1.82) is 0 Å². The Morgan fingerprint density at radius 3 is 3.06 bits per heavy atom. The summed E-state index contributed by atoms with van der Waals surface area (Å²) < 4.78 is 13.0. The van der Waals surface area contributed by atoms with E-state index in [0.717, 1.165) is 18.4 Å². The molecule has 1 atom stereocenters. The normalized spacial score (nSPS) is 18.4. The molecule has 1 N–H and O–H groups in total. The van der Waals surface area contributed by atoms with Crippen molar-refractivity contribution in [2.24, 2.45) is 0 Å². The summed E-state index contributed by atoms with van der Waals surface area (Å²) in [7, 11) is 0. The number of aromatic nitrogens is 1. The second-order valence-corrected chi connectivity index (χ2v) is 4.92. The largest absolute Gasteiger partial charge is 0.365 e. The molecule has 0 spiro atoms. The lowest BCUT2D eigenvalue weighted by Gasteiger charge is -2.12. The molecule has 1 aromatic heterocycles. The fourth-order valence-electron chi connectivity index (χ4n) is 2.85. The van der Waals surface area contributed by atoms with Gasteiger partial charge in [-0.15, -0.1) is 0 Å². The van der Waals surface area contributed by atoms with Crippen molar-refractivity contribution in [3.05, 3.63) is 58.7 Å². The Morgan fingerprint density at radius 2 is 2.24 bits per heavy atom. The van der Waals surface area contributed by atoms with Crippen molar-refractivity contribution in [1.82, 2.24) is 4.98 Å². The zero-order chi connectivity index (χ0) is 11.8. The second-order valence-electron chi connectivity index (χ2n) is 4.92. The van der Waals surface area contributed by atoms with E-state index in [4.69, 9.17) is 0 Å². The molecule has 1 heterocycles. The third-order valence-corrected chi connectivity index (χ3v) is 3.82. The molecular formula is C15H16FN. The predicted molar refractivity (Wildman–Crippen MR) is 66.7 cm³/mol. The Morgan fingerprint density at radius 1 is 1.35 bits per heavy atom. The maximum absolute atomic E-state index is 13.0. The SMILES string of the molecule is Cc1cc(F)ccc1CC1CCc2[nH]ccc21. The zero-order valence-corrected chi connectivity index (χ0v) is 9.96. The van der Waals surface area contributed by atoms with Crippen LogP contribution in [0.3, 0.4) is 0 Å². The van der Waals surface area contributed by atoms with Crippen LogP contribution in [0.1, 0.15) is 34.7 Å². The van der Waals surface area contributed by atoms with Crippen LogP contribution < -0.4 is 0 Å². The minimum atomic E-state index is -0.139. The monoisotopic (exact) mass is 229 g/mol. The lowest BCUT2D eigenvalue weighted by Crippen LogP contribution is -2.00. The Kier molecular flexibility index (Phi) is 2.50. The van der Waals surface area contributed by atoms with Gasteiger partial charge in [-0.05, 0) is 67.0 Å². The highest BCUT2D eigenvalue weighted by Crippen LogP contribution is 2.35. The van der Waals surface area contributed by atoms with Crippen molar-refractivity contribution in [3.63, 3.8) is 0 Å². The van der Waals surface area contributed by atoms with E-state index in [1.807, 2.05) is 19.2 Å². The lowest BCUT2D eigenvalue weighted by molar-refractivity contribution is 0.622. The number of nitrogens with one attached hydrogen (secondary N) is 1. The molecule has 0 amide bonds. The first kappa shape index (κ1) is 10.6. The van der Waals surface area contributed by atoms with Gasteiger partial charge >= 0.3 is 0 Å². The number of H-pyrrole nitrogens is 1. The van der Waals surface area contributed by atoms with Gasteiger partial charge in [0.2, 0.25) is 0 Å². The molecule has 1 unspecified atom stereocenters. The van der Waals surface area contributed by atoms with Crippen molar-refractivity contribution < 1.29 is 4.39 Å². The number of benzene rings is 1. The topological polar surface area (TPSA) is 15.8 Å². The number of halogens is 1. The average Bonchev–Trinajstić information content (AvgIpc) is 2.86. The van der Waals surface area contributed by atoms with E-state index >= 15 is 0 Å². The third-order valence-electron chi connectivity index (χ3n) is 3.82. The van der Waals surface area contributed by atoms with Crippen molar-refractivity contribution in [3.8, 4) is 0 Å². The summed E-state index contributed by atoms with van der Waals surface area (Å²) in [5.74, 6) is 0.459. The molecular weight excluding hydrogens is 213 g/mol. The predicted octanol–water partition coefficient (Wildman–Crippen LogP) is 3.73. The summed E-state index contributed by atoms with van der Waals surface area (Å²) in [6.45, 7) is 1.99. The average molecular weight is 229 g/mol. The molecule has 0 saturated carbocycles. The molecule has 1 nitrogen and oxygen atoms in total. The molecule has 2 heteroatoms. The van der Waals surface area contributed by atoms with Crippen molar-refractivity contribution in [2.45, 2.75) is 32.1 Å². The van der Waals surface area contributed by atoms with Gasteiger partial charge in [0.1, 0.15) is 5.82 Å². The lowest BCUT2D eigenvalue weighted by atomic mass is 9.92. The zero-order valence-electron chi connectivity index (χ0n) is 9.96. The van der Waals surface area contributed by atoms with Gasteiger partial charge in [0.25, 0.3) is 0 Å². The Balaban J connectivity index is 1.85. The van der Waals surface area contributed by atoms with E-state index in [1.54, 1.807) is 12.1 Å². The summed E-state index contributed by atoms with van der Waals surface area (Å²) in [5, 5.41) is 0. The van der Waals surface area contributed by atoms with Gasteiger partial charge in [0.15, 0.2) is 0 Å². The van der Waals surface area contributed by atoms with Crippen LogP contribution in [0.5, 0.6) is 0 Å². The molecule has 0 saturated heterocycles. The van der Waals surface area contributed by atoms with Gasteiger partial charge in [-0.2, -0.15) is 0 Å². The number of aryl methyl sites for hydroxylation is 2. The minimum Gasteiger partial charge on any atom is -0.365 e. The molecule has 0 bridgehead atoms. The maximum atomic E-state index is 13.0. The van der Waals surface area contributed by atoms with E-state index in [9.17, 15) is 4.39 Å². The Bertz CT molecular complexity index is 542. The van der Waals surface area contributed by atoms with Gasteiger partial charge in [0, 0.05) is 11.9 Å². The van der Waals surface area contributed by atoms with Crippen LogP contribution in [0.15, 0.2) is 30.5 Å². The summed E-state index contributed by atoms with van der Waals surface area (Å²) >= 11 is 0. The summed E-state index contributed by atoms with van der Waals surface area (Å²) in [4.78, 5) is 3.30. The van der Waals surface area contributed by atoms with E-state index in [0.29, 0.717) is 5.92 Å². The molecule has 17 heavy (non-hydrogen) atoms. The van der Waals surface area contributed by atoms with Crippen LogP contribution in [0.2, 0.25) is 0 Å². The van der Waals surface area contributed by atoms with Gasteiger partial charge in [0.05, 0.1) is 0 Å².